The van der Waals surface area contributed by atoms with Gasteiger partial charge in [-0.3, -0.25) is 4.79 Å². The van der Waals surface area contributed by atoms with Crippen molar-refractivity contribution in [1.29, 1.82) is 0 Å². The molecule has 0 N–H and O–H groups in total. The second-order valence-electron chi connectivity index (χ2n) is 9.76. The van der Waals surface area contributed by atoms with Crippen LogP contribution in [-0.2, 0) is 14.3 Å². The second kappa shape index (κ2) is 10.8. The van der Waals surface area contributed by atoms with Gasteiger partial charge < -0.3 is 14.2 Å². The molecule has 0 radical (unpaired) electrons. The Bertz CT molecular complexity index is 578. The highest BCUT2D eigenvalue weighted by molar-refractivity contribution is 5.68. The predicted octanol–water partition coefficient (Wildman–Crippen LogP) is 6.34. The number of rotatable bonds is 10. The highest BCUT2D eigenvalue weighted by Gasteiger charge is 2.30. The monoisotopic (exact) mass is 392 g/mol. The maximum Gasteiger partial charge on any atom is 0.305 e. The van der Waals surface area contributed by atoms with Gasteiger partial charge >= 0.3 is 5.97 Å². The number of benzene rings is 1. The van der Waals surface area contributed by atoms with Crippen molar-refractivity contribution in [2.24, 2.45) is 10.8 Å². The van der Waals surface area contributed by atoms with E-state index >= 15 is 0 Å². The largest absolute Gasteiger partial charge is 0.469 e. The molecule has 0 aliphatic carbocycles. The smallest absolute Gasteiger partial charge is 0.305 e. The van der Waals surface area contributed by atoms with Crippen LogP contribution in [-0.4, -0.2) is 26.0 Å². The Labute approximate surface area is 172 Å². The van der Waals surface area contributed by atoms with Crippen molar-refractivity contribution < 1.29 is 19.0 Å². The molecule has 1 rings (SSSR count). The zero-order chi connectivity index (χ0) is 21.4. The van der Waals surface area contributed by atoms with Gasteiger partial charge in [0.05, 0.1) is 13.7 Å². The van der Waals surface area contributed by atoms with Gasteiger partial charge in [-0.25, -0.2) is 0 Å². The van der Waals surface area contributed by atoms with Crippen molar-refractivity contribution in [1.82, 2.24) is 0 Å². The van der Waals surface area contributed by atoms with E-state index in [2.05, 4.69) is 58.4 Å². The minimum absolute atomic E-state index is 0.199. The maximum atomic E-state index is 11.2. The Kier molecular flexibility index (Phi) is 9.49. The molecule has 4 nitrogen and oxygen atoms in total. The summed E-state index contributed by atoms with van der Waals surface area (Å²) in [4.78, 5) is 11.2. The predicted molar refractivity (Wildman–Crippen MR) is 115 cm³/mol. The Morgan fingerprint density at radius 1 is 1.04 bits per heavy atom. The molecule has 0 aliphatic rings. The topological polar surface area (TPSA) is 44.8 Å². The van der Waals surface area contributed by atoms with E-state index in [-0.39, 0.29) is 23.1 Å². The molecule has 0 aliphatic heterocycles. The summed E-state index contributed by atoms with van der Waals surface area (Å²) in [5.41, 5.74) is 1.82. The molecule has 2 atom stereocenters. The lowest BCUT2D eigenvalue weighted by molar-refractivity contribution is -0.141. The zero-order valence-electron chi connectivity index (χ0n) is 19.1. The van der Waals surface area contributed by atoms with E-state index in [4.69, 9.17) is 9.47 Å². The normalized spacial score (nSPS) is 14.4. The number of esters is 1. The Morgan fingerprint density at radius 3 is 2.11 bits per heavy atom. The van der Waals surface area contributed by atoms with Crippen molar-refractivity contribution in [3.8, 4) is 5.75 Å². The number of hydrogen-bond donors (Lipinski definition) is 0. The van der Waals surface area contributed by atoms with Gasteiger partial charge in [-0.15, -0.1) is 0 Å². The number of carbonyl (C=O) groups excluding carboxylic acids is 1. The van der Waals surface area contributed by atoms with E-state index in [1.165, 1.54) is 12.7 Å². The van der Waals surface area contributed by atoms with Crippen molar-refractivity contribution in [3.63, 3.8) is 0 Å². The van der Waals surface area contributed by atoms with E-state index in [1.54, 1.807) is 0 Å². The molecule has 0 bridgehead atoms. The average Bonchev–Trinajstić information content (AvgIpc) is 2.61. The fraction of sp³-hybridized carbons (Fsp3) is 0.708. The summed E-state index contributed by atoms with van der Waals surface area (Å²) < 4.78 is 16.4. The molecule has 0 spiro atoms. The zero-order valence-corrected chi connectivity index (χ0v) is 19.1. The first-order valence-corrected chi connectivity index (χ1v) is 10.4. The first-order chi connectivity index (χ1) is 13.0. The van der Waals surface area contributed by atoms with Crippen molar-refractivity contribution >= 4 is 5.97 Å². The minimum Gasteiger partial charge on any atom is -0.469 e. The van der Waals surface area contributed by atoms with Gasteiger partial charge in [0.15, 0.2) is 6.29 Å². The van der Waals surface area contributed by atoms with Crippen LogP contribution in [0.4, 0.5) is 0 Å². The lowest BCUT2D eigenvalue weighted by Crippen LogP contribution is -2.24. The van der Waals surface area contributed by atoms with Crippen LogP contribution in [0.2, 0.25) is 0 Å². The molecule has 0 saturated heterocycles. The summed E-state index contributed by atoms with van der Waals surface area (Å²) >= 11 is 0. The summed E-state index contributed by atoms with van der Waals surface area (Å²) in [5.74, 6) is 1.09. The number of methoxy groups -OCH3 is 1. The summed E-state index contributed by atoms with van der Waals surface area (Å²) in [6.45, 7) is 16.3. The van der Waals surface area contributed by atoms with E-state index in [0.29, 0.717) is 25.4 Å². The molecule has 0 aromatic heterocycles. The highest BCUT2D eigenvalue weighted by Crippen LogP contribution is 2.43. The highest BCUT2D eigenvalue weighted by atomic mass is 16.7. The Hall–Kier alpha value is -1.55. The Morgan fingerprint density at radius 2 is 1.64 bits per heavy atom. The van der Waals surface area contributed by atoms with E-state index in [9.17, 15) is 4.79 Å². The summed E-state index contributed by atoms with van der Waals surface area (Å²) in [6.07, 6.45) is 2.57. The molecule has 1 aromatic rings. The quantitative estimate of drug-likeness (QED) is 0.265. The summed E-state index contributed by atoms with van der Waals surface area (Å²) in [7, 11) is 1.40. The molecule has 1 aromatic carbocycles. The SMILES string of the molecule is CCC(OCCCC(=O)OC)Oc1ccc(C(CC(C)(C)C)C(C)(C)C)cc1. The van der Waals surface area contributed by atoms with Gasteiger partial charge in [0, 0.05) is 12.8 Å². The fourth-order valence-electron chi connectivity index (χ4n) is 3.24. The lowest BCUT2D eigenvalue weighted by atomic mass is 9.69. The second-order valence-corrected chi connectivity index (χ2v) is 9.76. The van der Waals surface area contributed by atoms with Crippen LogP contribution >= 0.6 is 0 Å². The van der Waals surface area contributed by atoms with E-state index in [1.807, 2.05) is 19.1 Å². The molecule has 160 valence electrons. The van der Waals surface area contributed by atoms with Gasteiger partial charge in [-0.05, 0) is 47.3 Å². The first kappa shape index (κ1) is 24.5. The maximum absolute atomic E-state index is 11.2. The van der Waals surface area contributed by atoms with Crippen LogP contribution < -0.4 is 4.74 Å². The molecular formula is C24H40O4. The molecule has 0 heterocycles. The van der Waals surface area contributed by atoms with Gasteiger partial charge in [0.1, 0.15) is 5.75 Å². The Balaban J connectivity index is 2.69. The number of ether oxygens (including phenoxy) is 3. The third kappa shape index (κ3) is 9.09. The van der Waals surface area contributed by atoms with E-state index in [0.717, 1.165) is 18.6 Å². The third-order valence-electron chi connectivity index (χ3n) is 4.80. The first-order valence-electron chi connectivity index (χ1n) is 10.4. The van der Waals surface area contributed by atoms with Gasteiger partial charge in [-0.2, -0.15) is 0 Å². The minimum atomic E-state index is -0.309. The third-order valence-corrected chi connectivity index (χ3v) is 4.80. The van der Waals surface area contributed by atoms with Crippen molar-refractivity contribution in [3.05, 3.63) is 29.8 Å². The van der Waals surface area contributed by atoms with Gasteiger partial charge in [-0.1, -0.05) is 60.6 Å². The summed E-state index contributed by atoms with van der Waals surface area (Å²) in [6, 6.07) is 8.44. The molecular weight excluding hydrogens is 352 g/mol. The van der Waals surface area contributed by atoms with Crippen LogP contribution in [0, 0.1) is 10.8 Å². The average molecular weight is 393 g/mol. The molecule has 28 heavy (non-hydrogen) atoms. The number of carbonyl (C=O) groups is 1. The molecule has 0 amide bonds. The van der Waals surface area contributed by atoms with Crippen LogP contribution in [0.1, 0.15) is 85.6 Å². The van der Waals surface area contributed by atoms with Gasteiger partial charge in [0.25, 0.3) is 0 Å². The number of hydrogen-bond acceptors (Lipinski definition) is 4. The molecule has 2 unspecified atom stereocenters. The van der Waals surface area contributed by atoms with Gasteiger partial charge in [0.2, 0.25) is 0 Å². The van der Waals surface area contributed by atoms with Crippen LogP contribution in [0.5, 0.6) is 5.75 Å². The fourth-order valence-corrected chi connectivity index (χ4v) is 3.24. The van der Waals surface area contributed by atoms with Crippen molar-refractivity contribution in [2.45, 2.75) is 86.4 Å². The van der Waals surface area contributed by atoms with Crippen LogP contribution in [0.3, 0.4) is 0 Å². The van der Waals surface area contributed by atoms with Crippen molar-refractivity contribution in [2.75, 3.05) is 13.7 Å². The van der Waals surface area contributed by atoms with E-state index < -0.39 is 0 Å². The van der Waals surface area contributed by atoms with Crippen LogP contribution in [0.25, 0.3) is 0 Å². The molecule has 0 saturated carbocycles. The molecule has 4 heteroatoms. The standard InChI is InChI=1S/C24H40O4/c1-9-22(27-16-10-11-21(25)26-8)28-19-14-12-18(13-15-19)20(24(5,6)7)17-23(2,3)4/h12-15,20,22H,9-11,16-17H2,1-8H3. The summed E-state index contributed by atoms with van der Waals surface area (Å²) in [5, 5.41) is 0. The molecule has 0 fully saturated rings. The van der Waals surface area contributed by atoms with Crippen LogP contribution in [0.15, 0.2) is 24.3 Å². The lowest BCUT2D eigenvalue weighted by Gasteiger charge is -2.36.